The van der Waals surface area contributed by atoms with Crippen molar-refractivity contribution in [3.63, 3.8) is 0 Å². The van der Waals surface area contributed by atoms with Gasteiger partial charge in [-0.25, -0.2) is 9.19 Å². The Balaban J connectivity index is 2.33. The van der Waals surface area contributed by atoms with Gasteiger partial charge in [-0.2, -0.15) is 0 Å². The molecule has 5 heteroatoms. The van der Waals surface area contributed by atoms with E-state index >= 15 is 0 Å². The Labute approximate surface area is 103 Å². The summed E-state index contributed by atoms with van der Waals surface area (Å²) < 4.78 is 17.6. The minimum absolute atomic E-state index is 0.0606. The molecule has 2 unspecified atom stereocenters. The highest BCUT2D eigenvalue weighted by atomic mass is 32.2. The van der Waals surface area contributed by atoms with E-state index in [1.165, 1.54) is 0 Å². The fourth-order valence-corrected chi connectivity index (χ4v) is 2.85. The Morgan fingerprint density at radius 1 is 1.53 bits per heavy atom. The number of hydrogen-bond donors (Lipinski definition) is 1. The lowest BCUT2D eigenvalue weighted by Gasteiger charge is -2.05. The van der Waals surface area contributed by atoms with Gasteiger partial charge < -0.3 is 10.2 Å². The molecule has 0 aliphatic rings. The zero-order valence-electron chi connectivity index (χ0n) is 9.97. The van der Waals surface area contributed by atoms with E-state index < -0.39 is 10.8 Å². The van der Waals surface area contributed by atoms with Crippen molar-refractivity contribution < 1.29 is 8.63 Å². The van der Waals surface area contributed by atoms with Crippen LogP contribution >= 0.6 is 0 Å². The van der Waals surface area contributed by atoms with E-state index in [-0.39, 0.29) is 5.25 Å². The maximum absolute atomic E-state index is 12.1. The lowest BCUT2D eigenvalue weighted by molar-refractivity contribution is 0.474. The fraction of sp³-hybridized carbons (Fsp3) is 0.417. The van der Waals surface area contributed by atoms with Crippen molar-refractivity contribution in [3.05, 3.63) is 18.2 Å². The van der Waals surface area contributed by atoms with Crippen LogP contribution in [0.25, 0.3) is 11.1 Å². The van der Waals surface area contributed by atoms with Crippen LogP contribution in [0.5, 0.6) is 0 Å². The normalized spacial score (nSPS) is 14.9. The molecule has 0 bridgehead atoms. The third kappa shape index (κ3) is 2.49. The molecular weight excluding hydrogens is 236 g/mol. The zero-order valence-corrected chi connectivity index (χ0v) is 10.8. The summed E-state index contributed by atoms with van der Waals surface area (Å²) in [4.78, 5) is 4.23. The molecule has 0 aliphatic heterocycles. The van der Waals surface area contributed by atoms with Crippen LogP contribution in [0.1, 0.15) is 26.7 Å². The van der Waals surface area contributed by atoms with Crippen LogP contribution in [0.2, 0.25) is 0 Å². The number of nitrogens with zero attached hydrogens (tertiary/aromatic N) is 1. The molecule has 4 nitrogen and oxygen atoms in total. The molecule has 0 saturated heterocycles. The predicted octanol–water partition coefficient (Wildman–Crippen LogP) is 2.71. The molecule has 92 valence electrons. The highest BCUT2D eigenvalue weighted by molar-refractivity contribution is 7.85. The van der Waals surface area contributed by atoms with Crippen LogP contribution in [0.15, 0.2) is 27.8 Å². The number of nitrogens with two attached hydrogens (primary N) is 1. The quantitative estimate of drug-likeness (QED) is 0.849. The first-order valence-corrected chi connectivity index (χ1v) is 6.89. The molecule has 0 spiro atoms. The molecule has 17 heavy (non-hydrogen) atoms. The summed E-state index contributed by atoms with van der Waals surface area (Å²) in [5, 5.41) is 0.358. The Morgan fingerprint density at radius 2 is 2.29 bits per heavy atom. The van der Waals surface area contributed by atoms with Crippen molar-refractivity contribution in [1.29, 1.82) is 0 Å². The Hall–Kier alpha value is -1.36. The van der Waals surface area contributed by atoms with Crippen LogP contribution in [0.4, 0.5) is 5.69 Å². The molecule has 1 aromatic heterocycles. The van der Waals surface area contributed by atoms with Crippen LogP contribution < -0.4 is 5.73 Å². The fourth-order valence-electron chi connectivity index (χ4n) is 1.69. The molecule has 2 atom stereocenters. The topological polar surface area (TPSA) is 69.1 Å². The average Bonchev–Trinajstić information content (AvgIpc) is 2.71. The van der Waals surface area contributed by atoms with Crippen LogP contribution in [-0.2, 0) is 10.8 Å². The molecule has 0 saturated carbocycles. The van der Waals surface area contributed by atoms with Crippen molar-refractivity contribution in [2.24, 2.45) is 0 Å². The number of anilines is 1. The highest BCUT2D eigenvalue weighted by Gasteiger charge is 2.18. The first-order chi connectivity index (χ1) is 8.11. The largest absolute Gasteiger partial charge is 0.430 e. The number of rotatable bonds is 4. The first-order valence-electron chi connectivity index (χ1n) is 5.68. The van der Waals surface area contributed by atoms with Gasteiger partial charge in [-0.1, -0.05) is 20.3 Å². The summed E-state index contributed by atoms with van der Waals surface area (Å²) >= 11 is 0. The van der Waals surface area contributed by atoms with E-state index in [2.05, 4.69) is 11.9 Å². The monoisotopic (exact) mass is 252 g/mol. The molecule has 2 N–H and O–H groups in total. The summed E-state index contributed by atoms with van der Waals surface area (Å²) in [6.07, 6.45) is 1.90. The molecule has 2 aromatic rings. The molecule has 1 heterocycles. The van der Waals surface area contributed by atoms with Gasteiger partial charge in [0.05, 0.1) is 0 Å². The number of nitrogen functional groups attached to an aromatic ring is 1. The maximum Gasteiger partial charge on any atom is 0.288 e. The van der Waals surface area contributed by atoms with Crippen LogP contribution in [0.3, 0.4) is 0 Å². The molecular formula is C12H16N2O2S. The highest BCUT2D eigenvalue weighted by Crippen LogP contribution is 2.22. The summed E-state index contributed by atoms with van der Waals surface area (Å²) in [6, 6.07) is 5.24. The first kappa shape index (κ1) is 12.1. The van der Waals surface area contributed by atoms with Crippen LogP contribution in [-0.4, -0.2) is 14.4 Å². The molecule has 0 amide bonds. The van der Waals surface area contributed by atoms with E-state index in [1.807, 2.05) is 6.92 Å². The SMILES string of the molecule is CCCC(C)S(=O)c1nc2ccc(N)cc2o1. The number of oxazole rings is 1. The molecule has 0 radical (unpaired) electrons. The third-order valence-electron chi connectivity index (χ3n) is 2.63. The van der Waals surface area contributed by atoms with Crippen LogP contribution in [0, 0.1) is 0 Å². The van der Waals surface area contributed by atoms with E-state index in [0.29, 0.717) is 22.0 Å². The zero-order chi connectivity index (χ0) is 12.4. The summed E-state index contributed by atoms with van der Waals surface area (Å²) in [6.45, 7) is 4.02. The second-order valence-electron chi connectivity index (χ2n) is 4.10. The summed E-state index contributed by atoms with van der Waals surface area (Å²) in [5.74, 6) is 0. The van der Waals surface area contributed by atoms with Crippen molar-refractivity contribution >= 4 is 27.6 Å². The number of benzene rings is 1. The van der Waals surface area contributed by atoms with Crippen molar-refractivity contribution in [3.8, 4) is 0 Å². The van der Waals surface area contributed by atoms with Gasteiger partial charge >= 0.3 is 0 Å². The van der Waals surface area contributed by atoms with Crippen molar-refractivity contribution in [2.75, 3.05) is 5.73 Å². The van der Waals surface area contributed by atoms with Gasteiger partial charge in [-0.05, 0) is 18.6 Å². The maximum atomic E-state index is 12.1. The lowest BCUT2D eigenvalue weighted by atomic mass is 10.3. The van der Waals surface area contributed by atoms with Gasteiger partial charge in [-0.15, -0.1) is 0 Å². The standard InChI is InChI=1S/C12H16N2O2S/c1-3-4-8(2)17(15)12-14-10-6-5-9(13)7-11(10)16-12/h5-8H,3-4,13H2,1-2H3. The molecule has 1 aromatic carbocycles. The number of fused-ring (bicyclic) bond motifs is 1. The lowest BCUT2D eigenvalue weighted by Crippen LogP contribution is -2.10. The van der Waals surface area contributed by atoms with Gasteiger partial charge in [0.15, 0.2) is 5.58 Å². The number of aromatic nitrogens is 1. The molecule has 0 aliphatic carbocycles. The van der Waals surface area contributed by atoms with Gasteiger partial charge in [-0.3, -0.25) is 0 Å². The van der Waals surface area contributed by atoms with E-state index in [4.69, 9.17) is 10.2 Å². The van der Waals surface area contributed by atoms with E-state index in [0.717, 1.165) is 12.8 Å². The number of hydrogen-bond acceptors (Lipinski definition) is 4. The Morgan fingerprint density at radius 3 is 3.00 bits per heavy atom. The third-order valence-corrected chi connectivity index (χ3v) is 4.11. The summed E-state index contributed by atoms with van der Waals surface area (Å²) in [5.41, 5.74) is 7.57. The average molecular weight is 252 g/mol. The van der Waals surface area contributed by atoms with Crippen molar-refractivity contribution in [2.45, 2.75) is 37.2 Å². The van der Waals surface area contributed by atoms with E-state index in [1.54, 1.807) is 18.2 Å². The van der Waals surface area contributed by atoms with Gasteiger partial charge in [0, 0.05) is 17.0 Å². The van der Waals surface area contributed by atoms with Gasteiger partial charge in [0.2, 0.25) is 0 Å². The Bertz CT molecular complexity index is 550. The predicted molar refractivity (Wildman–Crippen MR) is 69.2 cm³/mol. The minimum Gasteiger partial charge on any atom is -0.430 e. The van der Waals surface area contributed by atoms with E-state index in [9.17, 15) is 4.21 Å². The minimum atomic E-state index is -1.19. The molecule has 0 fully saturated rings. The second kappa shape index (κ2) is 4.87. The second-order valence-corrected chi connectivity index (χ2v) is 5.85. The van der Waals surface area contributed by atoms with Gasteiger partial charge in [0.1, 0.15) is 16.3 Å². The van der Waals surface area contributed by atoms with Crippen molar-refractivity contribution in [1.82, 2.24) is 4.98 Å². The van der Waals surface area contributed by atoms with Gasteiger partial charge in [0.25, 0.3) is 5.22 Å². The Kier molecular flexibility index (Phi) is 3.47. The smallest absolute Gasteiger partial charge is 0.288 e. The molecule has 2 rings (SSSR count). The summed E-state index contributed by atoms with van der Waals surface area (Å²) in [7, 11) is -1.19.